The molecule has 21 heavy (non-hydrogen) atoms. The van der Waals surface area contributed by atoms with E-state index in [2.05, 4.69) is 71.5 Å². The summed E-state index contributed by atoms with van der Waals surface area (Å²) in [5.74, 6) is 1.11. The number of thiophene rings is 1. The van der Waals surface area contributed by atoms with Crippen LogP contribution in [0.5, 0.6) is 0 Å². The SMILES string of the molecule is CCCNC(CSc1ccc(C)cc1)Cc1ccc(Br)s1. The summed E-state index contributed by atoms with van der Waals surface area (Å²) >= 11 is 7.33. The summed E-state index contributed by atoms with van der Waals surface area (Å²) in [4.78, 5) is 2.80. The number of halogens is 1. The van der Waals surface area contributed by atoms with Crippen molar-refractivity contribution in [2.75, 3.05) is 12.3 Å². The number of thioether (sulfide) groups is 1. The normalized spacial score (nSPS) is 12.5. The summed E-state index contributed by atoms with van der Waals surface area (Å²) in [6, 6.07) is 13.7. The Labute approximate surface area is 144 Å². The van der Waals surface area contributed by atoms with Crippen LogP contribution >= 0.6 is 39.0 Å². The van der Waals surface area contributed by atoms with Gasteiger partial charge < -0.3 is 5.32 Å². The molecule has 114 valence electrons. The van der Waals surface area contributed by atoms with E-state index in [1.807, 2.05) is 23.1 Å². The van der Waals surface area contributed by atoms with E-state index in [1.54, 1.807) is 0 Å². The Hall–Kier alpha value is -0.290. The highest BCUT2D eigenvalue weighted by atomic mass is 79.9. The van der Waals surface area contributed by atoms with Crippen molar-refractivity contribution in [2.45, 2.75) is 37.6 Å². The van der Waals surface area contributed by atoms with E-state index in [9.17, 15) is 0 Å². The first kappa shape index (κ1) is 17.1. The fourth-order valence-corrected chi connectivity index (χ4v) is 4.60. The maximum atomic E-state index is 3.68. The molecule has 4 heteroatoms. The molecule has 1 atom stereocenters. The highest BCUT2D eigenvalue weighted by Crippen LogP contribution is 2.25. The summed E-state index contributed by atoms with van der Waals surface area (Å²) in [6.45, 7) is 5.44. The minimum atomic E-state index is 0.529. The van der Waals surface area contributed by atoms with Crippen molar-refractivity contribution in [1.29, 1.82) is 0 Å². The zero-order valence-electron chi connectivity index (χ0n) is 12.6. The van der Waals surface area contributed by atoms with Crippen LogP contribution in [0.1, 0.15) is 23.8 Å². The van der Waals surface area contributed by atoms with Crippen LogP contribution < -0.4 is 5.32 Å². The Bertz CT molecular complexity index is 536. The van der Waals surface area contributed by atoms with E-state index >= 15 is 0 Å². The van der Waals surface area contributed by atoms with Crippen LogP contribution in [0.25, 0.3) is 0 Å². The van der Waals surface area contributed by atoms with Crippen LogP contribution in [0.2, 0.25) is 0 Å². The largest absolute Gasteiger partial charge is 0.313 e. The molecule has 0 spiro atoms. The van der Waals surface area contributed by atoms with Crippen molar-refractivity contribution in [3.63, 3.8) is 0 Å². The lowest BCUT2D eigenvalue weighted by Crippen LogP contribution is -2.33. The molecule has 0 aliphatic heterocycles. The second-order valence-electron chi connectivity index (χ2n) is 5.19. The Kier molecular flexibility index (Phi) is 7.30. The second-order valence-corrected chi connectivity index (χ2v) is 8.83. The maximum Gasteiger partial charge on any atom is 0.0701 e. The molecule has 0 radical (unpaired) electrons. The molecule has 0 bridgehead atoms. The van der Waals surface area contributed by atoms with Crippen molar-refractivity contribution in [1.82, 2.24) is 5.32 Å². The molecule has 0 amide bonds. The highest BCUT2D eigenvalue weighted by Gasteiger charge is 2.11. The van der Waals surface area contributed by atoms with Gasteiger partial charge in [0.1, 0.15) is 0 Å². The zero-order chi connectivity index (χ0) is 15.1. The smallest absolute Gasteiger partial charge is 0.0701 e. The molecule has 0 saturated carbocycles. The molecule has 1 aromatic carbocycles. The van der Waals surface area contributed by atoms with Crippen molar-refractivity contribution < 1.29 is 0 Å². The number of benzene rings is 1. The topological polar surface area (TPSA) is 12.0 Å². The van der Waals surface area contributed by atoms with Crippen molar-refractivity contribution in [2.24, 2.45) is 0 Å². The first-order valence-electron chi connectivity index (χ1n) is 7.34. The summed E-state index contributed by atoms with van der Waals surface area (Å²) in [5.41, 5.74) is 1.32. The molecule has 1 nitrogen and oxygen atoms in total. The molecule has 0 aliphatic carbocycles. The Balaban J connectivity index is 1.90. The minimum absolute atomic E-state index is 0.529. The molecule has 1 N–H and O–H groups in total. The monoisotopic (exact) mass is 383 g/mol. The van der Waals surface area contributed by atoms with Crippen LogP contribution in [0, 0.1) is 6.92 Å². The van der Waals surface area contributed by atoms with E-state index < -0.39 is 0 Å². The van der Waals surface area contributed by atoms with Gasteiger partial charge in [0.2, 0.25) is 0 Å². The average molecular weight is 384 g/mol. The predicted molar refractivity (Wildman–Crippen MR) is 99.7 cm³/mol. The van der Waals surface area contributed by atoms with Gasteiger partial charge >= 0.3 is 0 Å². The van der Waals surface area contributed by atoms with E-state index in [1.165, 1.54) is 25.5 Å². The molecule has 1 unspecified atom stereocenters. The molecular formula is C17H22BrNS2. The van der Waals surface area contributed by atoms with Crippen molar-refractivity contribution >= 4 is 39.0 Å². The summed E-state index contributed by atoms with van der Waals surface area (Å²) in [6.07, 6.45) is 2.29. The molecule has 0 saturated heterocycles. The minimum Gasteiger partial charge on any atom is -0.313 e. The van der Waals surface area contributed by atoms with E-state index in [-0.39, 0.29) is 0 Å². The van der Waals surface area contributed by atoms with Crippen LogP contribution in [-0.4, -0.2) is 18.3 Å². The van der Waals surface area contributed by atoms with Crippen LogP contribution in [-0.2, 0) is 6.42 Å². The Morgan fingerprint density at radius 3 is 2.57 bits per heavy atom. The van der Waals surface area contributed by atoms with Gasteiger partial charge in [-0.2, -0.15) is 0 Å². The highest BCUT2D eigenvalue weighted by molar-refractivity contribution is 9.11. The third-order valence-electron chi connectivity index (χ3n) is 3.23. The quantitative estimate of drug-likeness (QED) is 0.602. The van der Waals surface area contributed by atoms with E-state index in [4.69, 9.17) is 0 Å². The third kappa shape index (κ3) is 6.15. The van der Waals surface area contributed by atoms with E-state index in [0.29, 0.717) is 6.04 Å². The molecule has 1 aromatic heterocycles. The summed E-state index contributed by atoms with van der Waals surface area (Å²) in [7, 11) is 0. The van der Waals surface area contributed by atoms with Gasteiger partial charge in [0.25, 0.3) is 0 Å². The fourth-order valence-electron chi connectivity index (χ4n) is 2.07. The second kappa shape index (κ2) is 8.99. The molecule has 2 rings (SSSR count). The average Bonchev–Trinajstić information content (AvgIpc) is 2.89. The zero-order valence-corrected chi connectivity index (χ0v) is 15.8. The first-order chi connectivity index (χ1) is 10.2. The lowest BCUT2D eigenvalue weighted by Gasteiger charge is -2.17. The van der Waals surface area contributed by atoms with Gasteiger partial charge in [-0.3, -0.25) is 0 Å². The van der Waals surface area contributed by atoms with Crippen LogP contribution in [0.3, 0.4) is 0 Å². The van der Waals surface area contributed by atoms with Gasteiger partial charge in [0.15, 0.2) is 0 Å². The molecule has 2 aromatic rings. The predicted octanol–water partition coefficient (Wildman–Crippen LogP) is 5.52. The van der Waals surface area contributed by atoms with Gasteiger partial charge in [-0.1, -0.05) is 24.6 Å². The van der Waals surface area contributed by atoms with E-state index in [0.717, 1.165) is 18.7 Å². The number of hydrogen-bond donors (Lipinski definition) is 1. The van der Waals surface area contributed by atoms with Crippen LogP contribution in [0.4, 0.5) is 0 Å². The van der Waals surface area contributed by atoms with Gasteiger partial charge in [-0.05, 0) is 66.5 Å². The van der Waals surface area contributed by atoms with Gasteiger partial charge in [0, 0.05) is 21.6 Å². The van der Waals surface area contributed by atoms with Crippen LogP contribution in [0.15, 0.2) is 45.1 Å². The lowest BCUT2D eigenvalue weighted by molar-refractivity contribution is 0.553. The molecule has 1 heterocycles. The summed E-state index contributed by atoms with van der Waals surface area (Å²) in [5, 5.41) is 3.68. The number of rotatable bonds is 8. The Morgan fingerprint density at radius 2 is 1.95 bits per heavy atom. The third-order valence-corrected chi connectivity index (χ3v) is 6.05. The number of nitrogens with one attached hydrogen (secondary N) is 1. The standard InChI is InChI=1S/C17H22BrNS2/c1-3-10-19-14(11-16-8-9-17(18)21-16)12-20-15-6-4-13(2)5-7-15/h4-9,14,19H,3,10-12H2,1-2H3. The van der Waals surface area contributed by atoms with Gasteiger partial charge in [-0.15, -0.1) is 23.1 Å². The fraction of sp³-hybridized carbons (Fsp3) is 0.412. The van der Waals surface area contributed by atoms with Crippen molar-refractivity contribution in [3.05, 3.63) is 50.6 Å². The maximum absolute atomic E-state index is 3.68. The number of hydrogen-bond acceptors (Lipinski definition) is 3. The molecule has 0 aliphatic rings. The number of aryl methyl sites for hydroxylation is 1. The molecule has 0 fully saturated rings. The van der Waals surface area contributed by atoms with Gasteiger partial charge in [0.05, 0.1) is 3.79 Å². The summed E-state index contributed by atoms with van der Waals surface area (Å²) < 4.78 is 1.22. The molecular weight excluding hydrogens is 362 g/mol. The first-order valence-corrected chi connectivity index (χ1v) is 9.94. The van der Waals surface area contributed by atoms with Crippen molar-refractivity contribution in [3.8, 4) is 0 Å². The Morgan fingerprint density at radius 1 is 1.19 bits per heavy atom. The lowest BCUT2D eigenvalue weighted by atomic mass is 10.2. The van der Waals surface area contributed by atoms with Gasteiger partial charge in [-0.25, -0.2) is 0 Å².